The second kappa shape index (κ2) is 8.90. The fraction of sp³-hybridized carbons (Fsp3) is 0. The van der Waals surface area contributed by atoms with Gasteiger partial charge >= 0.3 is 5.69 Å². The number of amides is 2. The van der Waals surface area contributed by atoms with Crippen molar-refractivity contribution in [2.75, 3.05) is 10.9 Å². The highest BCUT2D eigenvalue weighted by Gasteiger charge is 2.24. The Kier molecular flexibility index (Phi) is 5.90. The zero-order chi connectivity index (χ0) is 20.6. The third-order valence-electron chi connectivity index (χ3n) is 3.67. The average Bonchev–Trinajstić information content (AvgIpc) is 2.76. The first-order chi connectivity index (χ1) is 14.1. The van der Waals surface area contributed by atoms with Crippen molar-refractivity contribution < 1.29 is 14.5 Å². The quantitative estimate of drug-likeness (QED) is 0.351. The molecule has 0 unspecified atom stereocenters. The molecule has 0 bridgehead atoms. The summed E-state index contributed by atoms with van der Waals surface area (Å²) in [5, 5.41) is 11.5. The van der Waals surface area contributed by atoms with Gasteiger partial charge in [0.15, 0.2) is 0 Å². The SMILES string of the molecule is O=C(NNc1ncnc(NNC(=O)c2ccccc2)c1[N+](=O)[O-])c1ccccc1. The van der Waals surface area contributed by atoms with Crippen LogP contribution in [0.15, 0.2) is 67.0 Å². The standard InChI is InChI=1S/C18H15N7O4/c26-17(12-7-3-1-4-8-12)23-21-15-14(25(28)29)16(20-11-19-15)22-24-18(27)13-9-5-2-6-10-13/h1-11H,(H,23,26)(H,24,27)(H2,19,20,21,22). The lowest BCUT2D eigenvalue weighted by Gasteiger charge is -2.11. The smallest absolute Gasteiger partial charge is 0.276 e. The number of hydrogen-bond acceptors (Lipinski definition) is 8. The van der Waals surface area contributed by atoms with Crippen LogP contribution in [0.2, 0.25) is 0 Å². The van der Waals surface area contributed by atoms with Gasteiger partial charge in [-0.3, -0.25) is 41.4 Å². The van der Waals surface area contributed by atoms with Gasteiger partial charge in [0.25, 0.3) is 11.8 Å². The molecule has 29 heavy (non-hydrogen) atoms. The molecule has 11 nitrogen and oxygen atoms in total. The molecular formula is C18H15N7O4. The maximum absolute atomic E-state index is 12.1. The van der Waals surface area contributed by atoms with Crippen molar-refractivity contribution in [3.8, 4) is 0 Å². The van der Waals surface area contributed by atoms with E-state index in [4.69, 9.17) is 0 Å². The maximum Gasteiger partial charge on any atom is 0.356 e. The first kappa shape index (κ1) is 19.2. The molecule has 1 heterocycles. The minimum Gasteiger partial charge on any atom is -0.276 e. The summed E-state index contributed by atoms with van der Waals surface area (Å²) in [6, 6.07) is 16.5. The Morgan fingerprint density at radius 1 is 0.759 bits per heavy atom. The largest absolute Gasteiger partial charge is 0.356 e. The van der Waals surface area contributed by atoms with Crippen molar-refractivity contribution in [3.05, 3.63) is 88.2 Å². The molecule has 0 fully saturated rings. The van der Waals surface area contributed by atoms with Gasteiger partial charge in [-0.1, -0.05) is 36.4 Å². The van der Waals surface area contributed by atoms with Gasteiger partial charge in [-0.25, -0.2) is 9.97 Å². The molecule has 0 atom stereocenters. The van der Waals surface area contributed by atoms with Crippen LogP contribution in [0.3, 0.4) is 0 Å². The first-order valence-electron chi connectivity index (χ1n) is 8.28. The fourth-order valence-corrected chi connectivity index (χ4v) is 2.29. The van der Waals surface area contributed by atoms with Crippen molar-refractivity contribution in [1.82, 2.24) is 20.8 Å². The second-order valence-corrected chi connectivity index (χ2v) is 5.57. The van der Waals surface area contributed by atoms with E-state index in [1.165, 1.54) is 0 Å². The number of nitro groups is 1. The molecule has 1 aromatic heterocycles. The van der Waals surface area contributed by atoms with Gasteiger partial charge in [0.1, 0.15) is 6.33 Å². The molecule has 0 aliphatic heterocycles. The van der Waals surface area contributed by atoms with Gasteiger partial charge in [-0.2, -0.15) is 0 Å². The zero-order valence-electron chi connectivity index (χ0n) is 14.8. The van der Waals surface area contributed by atoms with E-state index < -0.39 is 22.4 Å². The monoisotopic (exact) mass is 393 g/mol. The van der Waals surface area contributed by atoms with Crippen molar-refractivity contribution in [2.45, 2.75) is 0 Å². The number of hydrazine groups is 2. The molecule has 0 aliphatic carbocycles. The summed E-state index contributed by atoms with van der Waals surface area (Å²) in [6.07, 6.45) is 1.04. The normalized spacial score (nSPS) is 9.93. The van der Waals surface area contributed by atoms with Gasteiger partial charge in [-0.05, 0) is 24.3 Å². The highest BCUT2D eigenvalue weighted by Crippen LogP contribution is 2.27. The first-order valence-corrected chi connectivity index (χ1v) is 8.28. The minimum absolute atomic E-state index is 0.259. The predicted molar refractivity (Wildman–Crippen MR) is 104 cm³/mol. The molecule has 0 aliphatic rings. The molecule has 2 amide bonds. The van der Waals surface area contributed by atoms with Gasteiger partial charge < -0.3 is 0 Å². The Hall–Kier alpha value is -4.54. The molecule has 3 aromatic rings. The van der Waals surface area contributed by atoms with E-state index in [0.717, 1.165) is 6.33 Å². The number of benzene rings is 2. The van der Waals surface area contributed by atoms with Crippen LogP contribution in [0, 0.1) is 10.1 Å². The Balaban J connectivity index is 1.73. The van der Waals surface area contributed by atoms with Crippen LogP contribution in [0.4, 0.5) is 17.3 Å². The maximum atomic E-state index is 12.1. The van der Waals surface area contributed by atoms with Gasteiger partial charge in [-0.15, -0.1) is 0 Å². The second-order valence-electron chi connectivity index (χ2n) is 5.57. The van der Waals surface area contributed by atoms with Crippen LogP contribution in [0.5, 0.6) is 0 Å². The number of aromatic nitrogens is 2. The summed E-state index contributed by atoms with van der Waals surface area (Å²) < 4.78 is 0. The summed E-state index contributed by atoms with van der Waals surface area (Å²) in [6.45, 7) is 0. The van der Waals surface area contributed by atoms with Crippen LogP contribution in [-0.2, 0) is 0 Å². The Morgan fingerprint density at radius 3 is 1.55 bits per heavy atom. The minimum atomic E-state index is -0.742. The number of nitrogens with one attached hydrogen (secondary N) is 4. The van der Waals surface area contributed by atoms with Crippen LogP contribution in [-0.4, -0.2) is 26.7 Å². The molecule has 0 radical (unpaired) electrons. The molecule has 0 saturated heterocycles. The highest BCUT2D eigenvalue weighted by molar-refractivity contribution is 5.96. The van der Waals surface area contributed by atoms with Gasteiger partial charge in [0.2, 0.25) is 11.6 Å². The zero-order valence-corrected chi connectivity index (χ0v) is 14.8. The molecule has 3 rings (SSSR count). The summed E-state index contributed by atoms with van der Waals surface area (Å²) >= 11 is 0. The summed E-state index contributed by atoms with van der Waals surface area (Å²) in [5.74, 6) is -1.53. The number of rotatable bonds is 7. The van der Waals surface area contributed by atoms with E-state index in [0.29, 0.717) is 11.1 Å². The van der Waals surface area contributed by atoms with E-state index in [-0.39, 0.29) is 11.6 Å². The lowest BCUT2D eigenvalue weighted by molar-refractivity contribution is -0.383. The fourth-order valence-electron chi connectivity index (χ4n) is 2.29. The molecular weight excluding hydrogens is 378 g/mol. The van der Waals surface area contributed by atoms with Crippen LogP contribution < -0.4 is 21.7 Å². The molecule has 146 valence electrons. The molecule has 0 spiro atoms. The average molecular weight is 393 g/mol. The lowest BCUT2D eigenvalue weighted by atomic mass is 10.2. The molecule has 11 heteroatoms. The van der Waals surface area contributed by atoms with E-state index in [9.17, 15) is 19.7 Å². The van der Waals surface area contributed by atoms with Crippen LogP contribution in [0.25, 0.3) is 0 Å². The number of nitrogens with zero attached hydrogens (tertiary/aromatic N) is 3. The van der Waals surface area contributed by atoms with Crippen molar-refractivity contribution in [1.29, 1.82) is 0 Å². The van der Waals surface area contributed by atoms with Crippen LogP contribution in [0.1, 0.15) is 20.7 Å². The van der Waals surface area contributed by atoms with E-state index in [1.54, 1.807) is 60.7 Å². The van der Waals surface area contributed by atoms with Crippen LogP contribution >= 0.6 is 0 Å². The molecule has 0 saturated carbocycles. The lowest BCUT2D eigenvalue weighted by Crippen LogP contribution is -2.32. The predicted octanol–water partition coefficient (Wildman–Crippen LogP) is 1.90. The third kappa shape index (κ3) is 4.80. The molecule has 2 aromatic carbocycles. The highest BCUT2D eigenvalue weighted by atomic mass is 16.6. The Bertz CT molecular complexity index is 955. The van der Waals surface area contributed by atoms with Crippen molar-refractivity contribution in [3.63, 3.8) is 0 Å². The number of carbonyl (C=O) groups excluding carboxylic acids is 2. The van der Waals surface area contributed by atoms with Gasteiger partial charge in [0, 0.05) is 11.1 Å². The summed E-state index contributed by atoms with van der Waals surface area (Å²) in [4.78, 5) is 42.5. The van der Waals surface area contributed by atoms with Crippen molar-refractivity contribution >= 4 is 29.1 Å². The van der Waals surface area contributed by atoms with E-state index >= 15 is 0 Å². The number of carbonyl (C=O) groups is 2. The summed E-state index contributed by atoms with van der Waals surface area (Å²) in [7, 11) is 0. The van der Waals surface area contributed by atoms with Gasteiger partial charge in [0.05, 0.1) is 4.92 Å². The Morgan fingerprint density at radius 2 is 1.17 bits per heavy atom. The van der Waals surface area contributed by atoms with E-state index in [2.05, 4.69) is 31.7 Å². The Labute approximate surface area is 164 Å². The third-order valence-corrected chi connectivity index (χ3v) is 3.67. The van der Waals surface area contributed by atoms with Crippen molar-refractivity contribution in [2.24, 2.45) is 0 Å². The number of hydrogen-bond donors (Lipinski definition) is 4. The topological polar surface area (TPSA) is 151 Å². The summed E-state index contributed by atoms with van der Waals surface area (Å²) in [5.41, 5.74) is 9.62. The van der Waals surface area contributed by atoms with E-state index in [1.807, 2.05) is 0 Å². The number of anilines is 2. The molecule has 4 N–H and O–H groups in total.